The molecule has 0 aromatic heterocycles. The summed E-state index contributed by atoms with van der Waals surface area (Å²) in [4.78, 5) is 23.4. The molecular weight excluding hydrogens is 254 g/mol. The Morgan fingerprint density at radius 1 is 1.20 bits per heavy atom. The van der Waals surface area contributed by atoms with E-state index in [0.29, 0.717) is 17.9 Å². The third-order valence-corrected chi connectivity index (χ3v) is 3.59. The van der Waals surface area contributed by atoms with Crippen LogP contribution in [0.5, 0.6) is 0 Å². The fraction of sp³-hybridized carbons (Fsp3) is 0.467. The highest BCUT2D eigenvalue weighted by Crippen LogP contribution is 2.17. The summed E-state index contributed by atoms with van der Waals surface area (Å²) < 4.78 is 0. The topological polar surface area (TPSA) is 70.2 Å². The Balaban J connectivity index is 1.85. The lowest BCUT2D eigenvalue weighted by molar-refractivity contribution is -0.117. The maximum absolute atomic E-state index is 11.9. The molecule has 1 saturated heterocycles. The smallest absolute Gasteiger partial charge is 0.251 e. The average molecular weight is 275 g/mol. The van der Waals surface area contributed by atoms with Crippen LogP contribution in [0.2, 0.25) is 0 Å². The Morgan fingerprint density at radius 2 is 1.85 bits per heavy atom. The predicted octanol–water partition coefficient (Wildman–Crippen LogP) is 1.37. The molecule has 2 rings (SSSR count). The van der Waals surface area contributed by atoms with Gasteiger partial charge in [-0.2, -0.15) is 0 Å². The molecule has 0 saturated carbocycles. The van der Waals surface area contributed by atoms with Gasteiger partial charge in [0.05, 0.1) is 0 Å². The van der Waals surface area contributed by atoms with Crippen LogP contribution < -0.4 is 16.0 Å². The first kappa shape index (κ1) is 14.5. The number of hydrogen-bond acceptors (Lipinski definition) is 3. The maximum Gasteiger partial charge on any atom is 0.251 e. The van der Waals surface area contributed by atoms with E-state index in [1.54, 1.807) is 31.3 Å². The van der Waals surface area contributed by atoms with E-state index in [-0.39, 0.29) is 11.8 Å². The first-order valence-electron chi connectivity index (χ1n) is 7.02. The predicted molar refractivity (Wildman–Crippen MR) is 78.7 cm³/mol. The van der Waals surface area contributed by atoms with Crippen molar-refractivity contribution in [3.05, 3.63) is 29.8 Å². The summed E-state index contributed by atoms with van der Waals surface area (Å²) in [6, 6.07) is 6.92. The molecule has 1 aliphatic heterocycles. The average Bonchev–Trinajstić information content (AvgIpc) is 2.48. The third kappa shape index (κ3) is 4.06. The van der Waals surface area contributed by atoms with Crippen molar-refractivity contribution in [1.29, 1.82) is 0 Å². The van der Waals surface area contributed by atoms with Crippen molar-refractivity contribution in [3.63, 3.8) is 0 Å². The van der Waals surface area contributed by atoms with Crippen LogP contribution in [0.3, 0.4) is 0 Å². The van der Waals surface area contributed by atoms with Crippen LogP contribution in [0.15, 0.2) is 24.3 Å². The summed E-state index contributed by atoms with van der Waals surface area (Å²) in [5, 5.41) is 8.74. The largest absolute Gasteiger partial charge is 0.355 e. The van der Waals surface area contributed by atoms with Crippen molar-refractivity contribution < 1.29 is 9.59 Å². The quantitative estimate of drug-likeness (QED) is 0.777. The molecule has 2 amide bonds. The summed E-state index contributed by atoms with van der Waals surface area (Å²) >= 11 is 0. The number of rotatable bonds is 4. The van der Waals surface area contributed by atoms with Gasteiger partial charge in [-0.15, -0.1) is 0 Å². The second-order valence-corrected chi connectivity index (χ2v) is 5.10. The number of benzene rings is 1. The van der Waals surface area contributed by atoms with Crippen molar-refractivity contribution in [3.8, 4) is 0 Å². The Labute approximate surface area is 119 Å². The van der Waals surface area contributed by atoms with Crippen LogP contribution in [0, 0.1) is 5.92 Å². The van der Waals surface area contributed by atoms with Gasteiger partial charge in [0.15, 0.2) is 0 Å². The molecule has 0 unspecified atom stereocenters. The molecule has 0 radical (unpaired) electrons. The van der Waals surface area contributed by atoms with Crippen LogP contribution >= 0.6 is 0 Å². The van der Waals surface area contributed by atoms with Crippen molar-refractivity contribution in [2.75, 3.05) is 25.5 Å². The minimum absolute atomic E-state index is 0.0459. The van der Waals surface area contributed by atoms with Gasteiger partial charge in [0.2, 0.25) is 5.91 Å². The first-order chi connectivity index (χ1) is 9.69. The highest BCUT2D eigenvalue weighted by atomic mass is 16.2. The van der Waals surface area contributed by atoms with Gasteiger partial charge in [-0.05, 0) is 56.1 Å². The van der Waals surface area contributed by atoms with Crippen molar-refractivity contribution in [2.45, 2.75) is 19.3 Å². The zero-order chi connectivity index (χ0) is 14.4. The molecule has 1 aliphatic rings. The van der Waals surface area contributed by atoms with Crippen molar-refractivity contribution in [1.82, 2.24) is 10.6 Å². The molecule has 0 aliphatic carbocycles. The number of amides is 2. The number of carbonyl (C=O) groups is 2. The molecule has 1 aromatic carbocycles. The Bertz CT molecular complexity index is 465. The van der Waals surface area contributed by atoms with E-state index < -0.39 is 0 Å². The number of hydrogen-bond donors (Lipinski definition) is 3. The van der Waals surface area contributed by atoms with E-state index in [0.717, 1.165) is 31.6 Å². The van der Waals surface area contributed by atoms with Gasteiger partial charge in [-0.1, -0.05) is 0 Å². The maximum atomic E-state index is 11.9. The van der Waals surface area contributed by atoms with Crippen LogP contribution in [0.4, 0.5) is 5.69 Å². The van der Waals surface area contributed by atoms with Gasteiger partial charge >= 0.3 is 0 Å². The minimum atomic E-state index is -0.127. The zero-order valence-electron chi connectivity index (χ0n) is 11.7. The fourth-order valence-corrected chi connectivity index (χ4v) is 2.41. The Morgan fingerprint density at radius 3 is 2.45 bits per heavy atom. The molecule has 3 N–H and O–H groups in total. The Hall–Kier alpha value is -1.88. The first-order valence-corrected chi connectivity index (χ1v) is 7.02. The van der Waals surface area contributed by atoms with E-state index in [9.17, 15) is 9.59 Å². The fourth-order valence-electron chi connectivity index (χ4n) is 2.41. The second kappa shape index (κ2) is 7.05. The lowest BCUT2D eigenvalue weighted by Gasteiger charge is -2.21. The molecule has 1 aromatic rings. The molecule has 0 bridgehead atoms. The zero-order valence-corrected chi connectivity index (χ0v) is 11.7. The lowest BCUT2D eigenvalue weighted by Crippen LogP contribution is -2.30. The molecule has 20 heavy (non-hydrogen) atoms. The van der Waals surface area contributed by atoms with Gasteiger partial charge in [0, 0.05) is 24.7 Å². The highest BCUT2D eigenvalue weighted by molar-refractivity contribution is 5.95. The van der Waals surface area contributed by atoms with Crippen molar-refractivity contribution >= 4 is 17.5 Å². The van der Waals surface area contributed by atoms with Gasteiger partial charge in [0.25, 0.3) is 5.91 Å². The Kier molecular flexibility index (Phi) is 5.12. The number of anilines is 1. The number of nitrogens with one attached hydrogen (secondary N) is 3. The van der Waals surface area contributed by atoms with Crippen LogP contribution in [-0.4, -0.2) is 32.0 Å². The summed E-state index contributed by atoms with van der Waals surface area (Å²) in [6.45, 7) is 2.00. The van der Waals surface area contributed by atoms with E-state index in [1.165, 1.54) is 0 Å². The second-order valence-electron chi connectivity index (χ2n) is 5.10. The molecule has 1 heterocycles. The number of piperidine rings is 1. The van der Waals surface area contributed by atoms with Crippen molar-refractivity contribution in [2.24, 2.45) is 5.92 Å². The van der Waals surface area contributed by atoms with Crippen LogP contribution in [0.25, 0.3) is 0 Å². The van der Waals surface area contributed by atoms with E-state index in [2.05, 4.69) is 16.0 Å². The third-order valence-electron chi connectivity index (χ3n) is 3.59. The summed E-state index contributed by atoms with van der Waals surface area (Å²) in [5.74, 6) is 0.392. The normalized spacial score (nSPS) is 15.7. The van der Waals surface area contributed by atoms with Gasteiger partial charge in [-0.3, -0.25) is 9.59 Å². The summed E-state index contributed by atoms with van der Waals surface area (Å²) in [7, 11) is 1.59. The lowest BCUT2D eigenvalue weighted by atomic mass is 9.94. The molecular formula is C15H21N3O2. The molecule has 0 atom stereocenters. The van der Waals surface area contributed by atoms with Gasteiger partial charge in [-0.25, -0.2) is 0 Å². The molecule has 0 spiro atoms. The summed E-state index contributed by atoms with van der Waals surface area (Å²) in [6.07, 6.45) is 2.69. The van der Waals surface area contributed by atoms with Gasteiger partial charge < -0.3 is 16.0 Å². The van der Waals surface area contributed by atoms with Gasteiger partial charge in [0.1, 0.15) is 0 Å². The SMILES string of the molecule is CNC(=O)c1ccc(NC(=O)CC2CCNCC2)cc1. The highest BCUT2D eigenvalue weighted by Gasteiger charge is 2.16. The van der Waals surface area contributed by atoms with Crippen LogP contribution in [0.1, 0.15) is 29.6 Å². The van der Waals surface area contributed by atoms with E-state index in [4.69, 9.17) is 0 Å². The molecule has 5 heteroatoms. The standard InChI is InChI=1S/C15H21N3O2/c1-16-15(20)12-2-4-13(5-3-12)18-14(19)10-11-6-8-17-9-7-11/h2-5,11,17H,6-10H2,1H3,(H,16,20)(H,18,19). The minimum Gasteiger partial charge on any atom is -0.355 e. The molecule has 5 nitrogen and oxygen atoms in total. The summed E-state index contributed by atoms with van der Waals surface area (Å²) in [5.41, 5.74) is 1.32. The van der Waals surface area contributed by atoms with Crippen LogP contribution in [-0.2, 0) is 4.79 Å². The van der Waals surface area contributed by atoms with E-state index >= 15 is 0 Å². The monoisotopic (exact) mass is 275 g/mol. The number of carbonyl (C=O) groups excluding carboxylic acids is 2. The molecule has 108 valence electrons. The molecule has 1 fully saturated rings. The van der Waals surface area contributed by atoms with E-state index in [1.807, 2.05) is 0 Å².